The first kappa shape index (κ1) is 10.4. The predicted octanol–water partition coefficient (Wildman–Crippen LogP) is 2.01. The van der Waals surface area contributed by atoms with Gasteiger partial charge in [-0.05, 0) is 37.4 Å². The van der Waals surface area contributed by atoms with Crippen LogP contribution in [0.1, 0.15) is 25.7 Å². The molecule has 1 aromatic rings. The number of nitrogens with two attached hydrogens (primary N) is 1. The third kappa shape index (κ3) is 2.69. The second-order valence-electron chi connectivity index (χ2n) is 4.27. The third-order valence-corrected chi connectivity index (χ3v) is 3.23. The number of rotatable bonds is 3. The van der Waals surface area contributed by atoms with Gasteiger partial charge in [0, 0.05) is 18.4 Å². The van der Waals surface area contributed by atoms with E-state index in [1.54, 1.807) is 6.20 Å². The van der Waals surface area contributed by atoms with Gasteiger partial charge in [-0.3, -0.25) is 4.98 Å². The number of aromatic nitrogens is 1. The Labute approximate surface area is 91.1 Å². The summed E-state index contributed by atoms with van der Waals surface area (Å²) in [6.45, 7) is 0.790. The summed E-state index contributed by atoms with van der Waals surface area (Å²) in [7, 11) is 0. The Bertz CT molecular complexity index is 286. The standard InChI is InChI=1S/C12H19N3/c13-8-10-4-1-2-6-12(10)15-11-5-3-7-14-9-11/h3,5,7,9-10,12,15H,1-2,4,6,8,13H2. The highest BCUT2D eigenvalue weighted by Gasteiger charge is 2.23. The second-order valence-corrected chi connectivity index (χ2v) is 4.27. The molecule has 2 atom stereocenters. The predicted molar refractivity (Wildman–Crippen MR) is 62.7 cm³/mol. The zero-order valence-corrected chi connectivity index (χ0v) is 9.02. The van der Waals surface area contributed by atoms with E-state index in [1.807, 2.05) is 12.3 Å². The summed E-state index contributed by atoms with van der Waals surface area (Å²) in [4.78, 5) is 4.11. The van der Waals surface area contributed by atoms with E-state index in [4.69, 9.17) is 5.73 Å². The van der Waals surface area contributed by atoms with Crippen molar-refractivity contribution in [1.82, 2.24) is 4.98 Å². The van der Waals surface area contributed by atoms with E-state index in [0.717, 1.165) is 12.2 Å². The normalized spacial score (nSPS) is 26.2. The van der Waals surface area contributed by atoms with E-state index >= 15 is 0 Å². The molecule has 0 amide bonds. The Kier molecular flexibility index (Phi) is 3.56. The Balaban J connectivity index is 1.97. The number of nitrogens with one attached hydrogen (secondary N) is 1. The smallest absolute Gasteiger partial charge is 0.0528 e. The summed E-state index contributed by atoms with van der Waals surface area (Å²) < 4.78 is 0. The van der Waals surface area contributed by atoms with Crippen molar-refractivity contribution in [2.24, 2.45) is 11.7 Å². The number of nitrogens with zero attached hydrogens (tertiary/aromatic N) is 1. The molecule has 2 rings (SSSR count). The zero-order chi connectivity index (χ0) is 10.5. The van der Waals surface area contributed by atoms with Gasteiger partial charge in [0.25, 0.3) is 0 Å². The molecular weight excluding hydrogens is 186 g/mol. The highest BCUT2D eigenvalue weighted by Crippen LogP contribution is 2.26. The van der Waals surface area contributed by atoms with Crippen LogP contribution >= 0.6 is 0 Å². The highest BCUT2D eigenvalue weighted by molar-refractivity contribution is 5.41. The van der Waals surface area contributed by atoms with E-state index in [9.17, 15) is 0 Å². The van der Waals surface area contributed by atoms with E-state index in [-0.39, 0.29) is 0 Å². The quantitative estimate of drug-likeness (QED) is 0.793. The lowest BCUT2D eigenvalue weighted by atomic mass is 9.84. The fourth-order valence-electron chi connectivity index (χ4n) is 2.34. The molecule has 2 unspecified atom stereocenters. The van der Waals surface area contributed by atoms with Gasteiger partial charge in [0.1, 0.15) is 0 Å². The summed E-state index contributed by atoms with van der Waals surface area (Å²) in [6, 6.07) is 4.56. The Morgan fingerprint density at radius 2 is 2.27 bits per heavy atom. The number of anilines is 1. The van der Waals surface area contributed by atoms with Crippen LogP contribution in [0.3, 0.4) is 0 Å². The molecule has 1 fully saturated rings. The monoisotopic (exact) mass is 205 g/mol. The molecule has 1 aliphatic carbocycles. The van der Waals surface area contributed by atoms with Gasteiger partial charge in [0.05, 0.1) is 5.69 Å². The first-order valence-corrected chi connectivity index (χ1v) is 5.77. The molecule has 0 aliphatic heterocycles. The summed E-state index contributed by atoms with van der Waals surface area (Å²) >= 11 is 0. The topological polar surface area (TPSA) is 50.9 Å². The van der Waals surface area contributed by atoms with E-state index in [0.29, 0.717) is 12.0 Å². The molecule has 1 aromatic heterocycles. The van der Waals surface area contributed by atoms with Crippen LogP contribution in [0.25, 0.3) is 0 Å². The Morgan fingerprint density at radius 3 is 3.00 bits per heavy atom. The van der Waals surface area contributed by atoms with Crippen molar-refractivity contribution in [1.29, 1.82) is 0 Å². The average molecular weight is 205 g/mol. The summed E-state index contributed by atoms with van der Waals surface area (Å²) in [6.07, 6.45) is 8.81. The molecule has 0 saturated heterocycles. The lowest BCUT2D eigenvalue weighted by Gasteiger charge is -2.31. The van der Waals surface area contributed by atoms with Gasteiger partial charge in [-0.2, -0.15) is 0 Å². The number of pyridine rings is 1. The van der Waals surface area contributed by atoms with Crippen LogP contribution < -0.4 is 11.1 Å². The SMILES string of the molecule is NCC1CCCCC1Nc1cccnc1. The Hall–Kier alpha value is -1.09. The summed E-state index contributed by atoms with van der Waals surface area (Å²) in [5, 5.41) is 3.54. The molecule has 82 valence electrons. The minimum absolute atomic E-state index is 0.535. The minimum Gasteiger partial charge on any atom is -0.381 e. The van der Waals surface area contributed by atoms with Gasteiger partial charge >= 0.3 is 0 Å². The third-order valence-electron chi connectivity index (χ3n) is 3.23. The van der Waals surface area contributed by atoms with Crippen LogP contribution in [0, 0.1) is 5.92 Å². The second kappa shape index (κ2) is 5.12. The Morgan fingerprint density at radius 1 is 1.40 bits per heavy atom. The van der Waals surface area contributed by atoms with Crippen molar-refractivity contribution in [3.8, 4) is 0 Å². The fraction of sp³-hybridized carbons (Fsp3) is 0.583. The van der Waals surface area contributed by atoms with Crippen LogP contribution in [0.5, 0.6) is 0 Å². The number of hydrogen-bond donors (Lipinski definition) is 2. The van der Waals surface area contributed by atoms with Crippen molar-refractivity contribution in [2.75, 3.05) is 11.9 Å². The molecule has 0 aromatic carbocycles. The largest absolute Gasteiger partial charge is 0.381 e. The van der Waals surface area contributed by atoms with Gasteiger partial charge in [-0.1, -0.05) is 12.8 Å². The highest BCUT2D eigenvalue weighted by atomic mass is 14.9. The zero-order valence-electron chi connectivity index (χ0n) is 9.02. The van der Waals surface area contributed by atoms with Crippen LogP contribution in [-0.2, 0) is 0 Å². The van der Waals surface area contributed by atoms with Crippen molar-refractivity contribution in [3.63, 3.8) is 0 Å². The minimum atomic E-state index is 0.535. The molecule has 1 heterocycles. The summed E-state index contributed by atoms with van der Waals surface area (Å²) in [5.41, 5.74) is 6.91. The molecule has 0 spiro atoms. The first-order chi connectivity index (χ1) is 7.40. The maximum absolute atomic E-state index is 5.79. The van der Waals surface area contributed by atoms with Crippen molar-refractivity contribution in [3.05, 3.63) is 24.5 Å². The van der Waals surface area contributed by atoms with Gasteiger partial charge in [-0.15, -0.1) is 0 Å². The van der Waals surface area contributed by atoms with E-state index in [2.05, 4.69) is 16.4 Å². The maximum Gasteiger partial charge on any atom is 0.0528 e. The molecule has 3 nitrogen and oxygen atoms in total. The van der Waals surface area contributed by atoms with Crippen LogP contribution in [0.2, 0.25) is 0 Å². The molecule has 1 aliphatic rings. The van der Waals surface area contributed by atoms with E-state index < -0.39 is 0 Å². The molecule has 3 N–H and O–H groups in total. The molecule has 0 bridgehead atoms. The van der Waals surface area contributed by atoms with Crippen LogP contribution in [0.15, 0.2) is 24.5 Å². The van der Waals surface area contributed by atoms with Gasteiger partial charge in [-0.25, -0.2) is 0 Å². The summed E-state index contributed by atoms with van der Waals surface area (Å²) in [5.74, 6) is 0.624. The van der Waals surface area contributed by atoms with Gasteiger partial charge in [0.15, 0.2) is 0 Å². The fourth-order valence-corrected chi connectivity index (χ4v) is 2.34. The van der Waals surface area contributed by atoms with Gasteiger partial charge < -0.3 is 11.1 Å². The first-order valence-electron chi connectivity index (χ1n) is 5.77. The van der Waals surface area contributed by atoms with Crippen molar-refractivity contribution < 1.29 is 0 Å². The molecule has 3 heteroatoms. The maximum atomic E-state index is 5.79. The number of hydrogen-bond acceptors (Lipinski definition) is 3. The molecule has 1 saturated carbocycles. The lowest BCUT2D eigenvalue weighted by Crippen LogP contribution is -2.36. The average Bonchev–Trinajstić information content (AvgIpc) is 2.31. The molecule has 15 heavy (non-hydrogen) atoms. The van der Waals surface area contributed by atoms with Crippen LogP contribution in [0.4, 0.5) is 5.69 Å². The van der Waals surface area contributed by atoms with Crippen molar-refractivity contribution in [2.45, 2.75) is 31.7 Å². The molecule has 0 radical (unpaired) electrons. The van der Waals surface area contributed by atoms with Crippen LogP contribution in [-0.4, -0.2) is 17.6 Å². The lowest BCUT2D eigenvalue weighted by molar-refractivity contribution is 0.332. The van der Waals surface area contributed by atoms with Gasteiger partial charge in [0.2, 0.25) is 0 Å². The molecular formula is C12H19N3. The van der Waals surface area contributed by atoms with E-state index in [1.165, 1.54) is 25.7 Å². The van der Waals surface area contributed by atoms with Crippen molar-refractivity contribution >= 4 is 5.69 Å².